The highest BCUT2D eigenvalue weighted by Gasteiger charge is 2.37. The number of nitrogens with two attached hydrogens (primary N) is 1. The molecule has 1 saturated carbocycles. The molecule has 17 heavy (non-hydrogen) atoms. The SMILES string of the molecule is CCN(Cc1cccs1)CC1(C)CCCC1N. The van der Waals surface area contributed by atoms with Gasteiger partial charge in [-0.3, -0.25) is 4.90 Å². The Morgan fingerprint density at radius 1 is 1.59 bits per heavy atom. The van der Waals surface area contributed by atoms with E-state index in [1.165, 1.54) is 24.1 Å². The lowest BCUT2D eigenvalue weighted by molar-refractivity contribution is 0.153. The van der Waals surface area contributed by atoms with Crippen LogP contribution >= 0.6 is 11.3 Å². The third kappa shape index (κ3) is 3.09. The molecule has 2 rings (SSSR count). The minimum absolute atomic E-state index is 0.327. The van der Waals surface area contributed by atoms with Crippen molar-refractivity contribution in [2.24, 2.45) is 11.1 Å². The molecule has 0 aromatic carbocycles. The fraction of sp³-hybridized carbons (Fsp3) is 0.714. The fourth-order valence-corrected chi connectivity index (χ4v) is 3.62. The van der Waals surface area contributed by atoms with Gasteiger partial charge < -0.3 is 5.73 Å². The van der Waals surface area contributed by atoms with Crippen LogP contribution in [0.3, 0.4) is 0 Å². The maximum absolute atomic E-state index is 6.27. The van der Waals surface area contributed by atoms with Gasteiger partial charge >= 0.3 is 0 Å². The van der Waals surface area contributed by atoms with Gasteiger partial charge in [0.1, 0.15) is 0 Å². The lowest BCUT2D eigenvalue weighted by atomic mass is 9.84. The summed E-state index contributed by atoms with van der Waals surface area (Å²) < 4.78 is 0. The molecule has 2 N–H and O–H groups in total. The zero-order chi connectivity index (χ0) is 12.3. The molecule has 1 heterocycles. The summed E-state index contributed by atoms with van der Waals surface area (Å²) >= 11 is 1.85. The molecule has 2 nitrogen and oxygen atoms in total. The standard InChI is InChI=1S/C14H24N2S/c1-3-16(10-12-6-5-9-17-12)11-14(2)8-4-7-13(14)15/h5-6,9,13H,3-4,7-8,10-11,15H2,1-2H3. The summed E-state index contributed by atoms with van der Waals surface area (Å²) in [7, 11) is 0. The highest BCUT2D eigenvalue weighted by Crippen LogP contribution is 2.37. The Balaban J connectivity index is 1.95. The second-order valence-corrected chi connectivity index (χ2v) is 6.57. The van der Waals surface area contributed by atoms with Crippen molar-refractivity contribution in [2.75, 3.05) is 13.1 Å². The molecular weight excluding hydrogens is 228 g/mol. The van der Waals surface area contributed by atoms with E-state index in [0.29, 0.717) is 11.5 Å². The van der Waals surface area contributed by atoms with Gasteiger partial charge in [-0.1, -0.05) is 26.3 Å². The van der Waals surface area contributed by atoms with Crippen LogP contribution < -0.4 is 5.73 Å². The third-order valence-electron chi connectivity index (χ3n) is 4.15. The lowest BCUT2D eigenvalue weighted by Gasteiger charge is -2.35. The van der Waals surface area contributed by atoms with Gasteiger partial charge in [-0.25, -0.2) is 0 Å². The molecule has 2 unspecified atom stereocenters. The second-order valence-electron chi connectivity index (χ2n) is 5.54. The molecule has 2 atom stereocenters. The van der Waals surface area contributed by atoms with E-state index < -0.39 is 0 Å². The van der Waals surface area contributed by atoms with E-state index >= 15 is 0 Å². The van der Waals surface area contributed by atoms with Crippen molar-refractivity contribution in [1.29, 1.82) is 0 Å². The summed E-state index contributed by atoms with van der Waals surface area (Å²) in [5.74, 6) is 0. The van der Waals surface area contributed by atoms with Crippen LogP contribution in [0.15, 0.2) is 17.5 Å². The van der Waals surface area contributed by atoms with E-state index in [-0.39, 0.29) is 0 Å². The van der Waals surface area contributed by atoms with Gasteiger partial charge in [0, 0.05) is 24.0 Å². The first kappa shape index (κ1) is 13.1. The van der Waals surface area contributed by atoms with E-state index in [4.69, 9.17) is 5.73 Å². The minimum atomic E-state index is 0.327. The predicted molar refractivity (Wildman–Crippen MR) is 75.2 cm³/mol. The molecule has 0 aliphatic heterocycles. The average Bonchev–Trinajstić information content (AvgIpc) is 2.90. The molecule has 96 valence electrons. The zero-order valence-electron chi connectivity index (χ0n) is 11.0. The Hall–Kier alpha value is -0.380. The van der Waals surface area contributed by atoms with Gasteiger partial charge in [0.05, 0.1) is 0 Å². The first-order valence-electron chi connectivity index (χ1n) is 6.64. The summed E-state index contributed by atoms with van der Waals surface area (Å²) in [6.45, 7) is 7.94. The predicted octanol–water partition coefficient (Wildman–Crippen LogP) is 3.09. The van der Waals surface area contributed by atoms with Crippen molar-refractivity contribution >= 4 is 11.3 Å². The van der Waals surface area contributed by atoms with Gasteiger partial charge in [0.25, 0.3) is 0 Å². The summed E-state index contributed by atoms with van der Waals surface area (Å²) in [5.41, 5.74) is 6.59. The Morgan fingerprint density at radius 2 is 2.41 bits per heavy atom. The van der Waals surface area contributed by atoms with E-state index in [9.17, 15) is 0 Å². The molecule has 0 saturated heterocycles. The topological polar surface area (TPSA) is 29.3 Å². The number of hydrogen-bond acceptors (Lipinski definition) is 3. The van der Waals surface area contributed by atoms with Gasteiger partial charge in [0.2, 0.25) is 0 Å². The van der Waals surface area contributed by atoms with Crippen molar-refractivity contribution in [2.45, 2.75) is 45.7 Å². The number of rotatable bonds is 5. The fourth-order valence-electron chi connectivity index (χ4n) is 2.87. The third-order valence-corrected chi connectivity index (χ3v) is 5.01. The van der Waals surface area contributed by atoms with Crippen LogP contribution in [-0.4, -0.2) is 24.0 Å². The van der Waals surface area contributed by atoms with Crippen molar-refractivity contribution in [3.8, 4) is 0 Å². The molecule has 1 fully saturated rings. The van der Waals surface area contributed by atoms with E-state index in [1.807, 2.05) is 11.3 Å². The highest BCUT2D eigenvalue weighted by atomic mass is 32.1. The maximum atomic E-state index is 6.27. The molecule has 0 spiro atoms. The molecule has 1 aliphatic rings. The normalized spacial score (nSPS) is 29.1. The molecule has 3 heteroatoms. The van der Waals surface area contributed by atoms with Crippen LogP contribution in [-0.2, 0) is 6.54 Å². The van der Waals surface area contributed by atoms with Crippen molar-refractivity contribution in [3.63, 3.8) is 0 Å². The van der Waals surface area contributed by atoms with Gasteiger partial charge in [-0.2, -0.15) is 0 Å². The number of thiophene rings is 1. The maximum Gasteiger partial charge on any atom is 0.0328 e. The van der Waals surface area contributed by atoms with Crippen molar-refractivity contribution in [3.05, 3.63) is 22.4 Å². The van der Waals surface area contributed by atoms with Crippen LogP contribution in [0, 0.1) is 5.41 Å². The zero-order valence-corrected chi connectivity index (χ0v) is 11.8. The molecular formula is C14H24N2S. The monoisotopic (exact) mass is 252 g/mol. The van der Waals surface area contributed by atoms with Crippen molar-refractivity contribution < 1.29 is 0 Å². The van der Waals surface area contributed by atoms with Crippen LogP contribution in [0.2, 0.25) is 0 Å². The van der Waals surface area contributed by atoms with Crippen LogP contribution in [0.5, 0.6) is 0 Å². The molecule has 0 amide bonds. The van der Waals surface area contributed by atoms with Crippen LogP contribution in [0.1, 0.15) is 38.0 Å². The smallest absolute Gasteiger partial charge is 0.0328 e. The second kappa shape index (κ2) is 5.51. The summed E-state index contributed by atoms with van der Waals surface area (Å²) in [5, 5.41) is 2.16. The summed E-state index contributed by atoms with van der Waals surface area (Å²) in [6.07, 6.45) is 3.79. The minimum Gasteiger partial charge on any atom is -0.327 e. The molecule has 0 radical (unpaired) electrons. The number of nitrogens with zero attached hydrogens (tertiary/aromatic N) is 1. The average molecular weight is 252 g/mol. The Kier molecular flexibility index (Phi) is 4.23. The lowest BCUT2D eigenvalue weighted by Crippen LogP contribution is -2.44. The molecule has 0 bridgehead atoms. The van der Waals surface area contributed by atoms with Gasteiger partial charge in [-0.05, 0) is 36.2 Å². The van der Waals surface area contributed by atoms with E-state index in [0.717, 1.165) is 19.6 Å². The van der Waals surface area contributed by atoms with E-state index in [1.54, 1.807) is 0 Å². The van der Waals surface area contributed by atoms with Gasteiger partial charge in [0.15, 0.2) is 0 Å². The number of hydrogen-bond donors (Lipinski definition) is 1. The van der Waals surface area contributed by atoms with Crippen LogP contribution in [0.4, 0.5) is 0 Å². The van der Waals surface area contributed by atoms with Crippen LogP contribution in [0.25, 0.3) is 0 Å². The molecule has 1 aromatic heterocycles. The summed E-state index contributed by atoms with van der Waals surface area (Å²) in [4.78, 5) is 4.00. The van der Waals surface area contributed by atoms with Crippen molar-refractivity contribution in [1.82, 2.24) is 4.90 Å². The van der Waals surface area contributed by atoms with E-state index in [2.05, 4.69) is 36.3 Å². The Morgan fingerprint density at radius 3 is 2.94 bits per heavy atom. The Labute approximate surface area is 109 Å². The first-order valence-corrected chi connectivity index (χ1v) is 7.52. The quantitative estimate of drug-likeness (QED) is 0.872. The first-order chi connectivity index (χ1) is 8.14. The molecule has 1 aliphatic carbocycles. The largest absolute Gasteiger partial charge is 0.327 e. The highest BCUT2D eigenvalue weighted by molar-refractivity contribution is 7.09. The van der Waals surface area contributed by atoms with Gasteiger partial charge in [-0.15, -0.1) is 11.3 Å². The summed E-state index contributed by atoms with van der Waals surface area (Å²) in [6, 6.07) is 4.75. The Bertz CT molecular complexity index is 336. The molecule has 1 aromatic rings.